The normalized spacial score (nSPS) is 17.9. The van der Waals surface area contributed by atoms with Crippen molar-refractivity contribution in [3.8, 4) is 0 Å². The maximum Gasteiger partial charge on any atom is 0.321 e. The average molecular weight is 273 g/mol. The van der Waals surface area contributed by atoms with E-state index in [0.29, 0.717) is 6.54 Å². The zero-order chi connectivity index (χ0) is 13.9. The quantitative estimate of drug-likeness (QED) is 0.820. The molecule has 0 bridgehead atoms. The number of aryl methyl sites for hydroxylation is 1. The lowest BCUT2D eigenvalue weighted by Crippen LogP contribution is -2.42. The Morgan fingerprint density at radius 2 is 1.95 bits per heavy atom. The van der Waals surface area contributed by atoms with Gasteiger partial charge >= 0.3 is 6.03 Å². The van der Waals surface area contributed by atoms with E-state index in [1.165, 1.54) is 16.7 Å². The Hall–Kier alpha value is -1.55. The van der Waals surface area contributed by atoms with Crippen molar-refractivity contribution in [3.63, 3.8) is 0 Å². The first-order chi connectivity index (χ1) is 9.79. The molecule has 2 aliphatic heterocycles. The summed E-state index contributed by atoms with van der Waals surface area (Å²) in [5.74, 6) is 0. The van der Waals surface area contributed by atoms with Crippen molar-refractivity contribution in [1.82, 2.24) is 10.6 Å². The summed E-state index contributed by atoms with van der Waals surface area (Å²) in [7, 11) is 0. The van der Waals surface area contributed by atoms with E-state index in [4.69, 9.17) is 0 Å². The SMILES string of the molecule is CCNC(=O)N1CCCc2cc3c(cc21)CCNCC3. The molecule has 108 valence electrons. The topological polar surface area (TPSA) is 44.4 Å². The second-order valence-corrected chi connectivity index (χ2v) is 5.59. The number of benzene rings is 1. The summed E-state index contributed by atoms with van der Waals surface area (Å²) in [5.41, 5.74) is 5.34. The van der Waals surface area contributed by atoms with Crippen LogP contribution in [-0.2, 0) is 19.3 Å². The van der Waals surface area contributed by atoms with Crippen LogP contribution in [0.3, 0.4) is 0 Å². The molecule has 3 rings (SSSR count). The Bertz CT molecular complexity index is 513. The summed E-state index contributed by atoms with van der Waals surface area (Å²) < 4.78 is 0. The van der Waals surface area contributed by atoms with Crippen molar-refractivity contribution < 1.29 is 4.79 Å². The van der Waals surface area contributed by atoms with E-state index in [1.807, 2.05) is 11.8 Å². The summed E-state index contributed by atoms with van der Waals surface area (Å²) in [5, 5.41) is 6.37. The van der Waals surface area contributed by atoms with Crippen LogP contribution in [0.4, 0.5) is 10.5 Å². The van der Waals surface area contributed by atoms with Gasteiger partial charge in [-0.05, 0) is 68.5 Å². The van der Waals surface area contributed by atoms with Crippen LogP contribution >= 0.6 is 0 Å². The number of hydrogen-bond donors (Lipinski definition) is 2. The van der Waals surface area contributed by atoms with Gasteiger partial charge in [-0.25, -0.2) is 4.79 Å². The van der Waals surface area contributed by atoms with Crippen LogP contribution in [-0.4, -0.2) is 32.2 Å². The molecule has 4 heteroatoms. The highest BCUT2D eigenvalue weighted by Gasteiger charge is 2.24. The number of carbonyl (C=O) groups excluding carboxylic acids is 1. The van der Waals surface area contributed by atoms with Gasteiger partial charge in [0.25, 0.3) is 0 Å². The smallest absolute Gasteiger partial charge is 0.321 e. The second-order valence-electron chi connectivity index (χ2n) is 5.59. The molecular weight excluding hydrogens is 250 g/mol. The molecule has 0 saturated heterocycles. The molecule has 2 amide bonds. The first kappa shape index (κ1) is 13.4. The highest BCUT2D eigenvalue weighted by molar-refractivity contribution is 5.93. The molecule has 0 aromatic heterocycles. The van der Waals surface area contributed by atoms with E-state index in [1.54, 1.807) is 0 Å². The van der Waals surface area contributed by atoms with Gasteiger partial charge in [-0.2, -0.15) is 0 Å². The number of hydrogen-bond acceptors (Lipinski definition) is 2. The van der Waals surface area contributed by atoms with Gasteiger partial charge in [0.1, 0.15) is 0 Å². The molecule has 0 aliphatic carbocycles. The summed E-state index contributed by atoms with van der Waals surface area (Å²) in [6.45, 7) is 5.57. The van der Waals surface area contributed by atoms with Gasteiger partial charge in [0.05, 0.1) is 0 Å². The molecule has 0 radical (unpaired) electrons. The summed E-state index contributed by atoms with van der Waals surface area (Å²) in [6, 6.07) is 4.63. The standard InChI is InChI=1S/C16H23N3O/c1-2-18-16(20)19-9-3-4-14-10-12-5-7-17-8-6-13(12)11-15(14)19/h10-11,17H,2-9H2,1H3,(H,18,20). The third-order valence-electron chi connectivity index (χ3n) is 4.23. The van der Waals surface area contributed by atoms with Gasteiger partial charge in [-0.1, -0.05) is 6.07 Å². The number of nitrogens with zero attached hydrogens (tertiary/aromatic N) is 1. The fraction of sp³-hybridized carbons (Fsp3) is 0.562. The first-order valence-electron chi connectivity index (χ1n) is 7.70. The Balaban J connectivity index is 1.96. The van der Waals surface area contributed by atoms with E-state index >= 15 is 0 Å². The van der Waals surface area contributed by atoms with Gasteiger partial charge in [-0.3, -0.25) is 4.90 Å². The van der Waals surface area contributed by atoms with Crippen molar-refractivity contribution in [1.29, 1.82) is 0 Å². The molecule has 0 spiro atoms. The van der Waals surface area contributed by atoms with Crippen molar-refractivity contribution in [2.45, 2.75) is 32.6 Å². The highest BCUT2D eigenvalue weighted by Crippen LogP contribution is 2.31. The number of amides is 2. The Morgan fingerprint density at radius 1 is 1.20 bits per heavy atom. The third-order valence-corrected chi connectivity index (χ3v) is 4.23. The lowest BCUT2D eigenvalue weighted by molar-refractivity contribution is 0.246. The largest absolute Gasteiger partial charge is 0.338 e. The van der Waals surface area contributed by atoms with Crippen LogP contribution in [0.5, 0.6) is 0 Å². The fourth-order valence-electron chi connectivity index (χ4n) is 3.22. The predicted molar refractivity (Wildman–Crippen MR) is 81.5 cm³/mol. The third kappa shape index (κ3) is 2.52. The van der Waals surface area contributed by atoms with Crippen molar-refractivity contribution in [2.24, 2.45) is 0 Å². The minimum absolute atomic E-state index is 0.0418. The second kappa shape index (κ2) is 5.83. The van der Waals surface area contributed by atoms with Crippen LogP contribution in [0.2, 0.25) is 0 Å². The Labute approximate surface area is 120 Å². The summed E-state index contributed by atoms with van der Waals surface area (Å²) >= 11 is 0. The molecule has 2 aliphatic rings. The van der Waals surface area contributed by atoms with Gasteiger partial charge < -0.3 is 10.6 Å². The average Bonchev–Trinajstić information content (AvgIpc) is 2.69. The highest BCUT2D eigenvalue weighted by atomic mass is 16.2. The predicted octanol–water partition coefficient (Wildman–Crippen LogP) is 1.86. The minimum Gasteiger partial charge on any atom is -0.338 e. The molecule has 0 atom stereocenters. The van der Waals surface area contributed by atoms with Crippen molar-refractivity contribution in [3.05, 3.63) is 28.8 Å². The van der Waals surface area contributed by atoms with E-state index in [0.717, 1.165) is 51.0 Å². The van der Waals surface area contributed by atoms with Crippen molar-refractivity contribution >= 4 is 11.7 Å². The van der Waals surface area contributed by atoms with Crippen LogP contribution in [0.15, 0.2) is 12.1 Å². The lowest BCUT2D eigenvalue weighted by Gasteiger charge is -2.30. The van der Waals surface area contributed by atoms with Crippen LogP contribution in [0.1, 0.15) is 30.0 Å². The van der Waals surface area contributed by atoms with Crippen LogP contribution < -0.4 is 15.5 Å². The molecule has 0 saturated carbocycles. The molecule has 0 unspecified atom stereocenters. The van der Waals surface area contributed by atoms with E-state index in [2.05, 4.69) is 22.8 Å². The number of anilines is 1. The fourth-order valence-corrected chi connectivity index (χ4v) is 3.22. The molecule has 2 N–H and O–H groups in total. The zero-order valence-electron chi connectivity index (χ0n) is 12.2. The van der Waals surface area contributed by atoms with E-state index in [-0.39, 0.29) is 6.03 Å². The maximum atomic E-state index is 12.2. The van der Waals surface area contributed by atoms with Gasteiger partial charge in [-0.15, -0.1) is 0 Å². The minimum atomic E-state index is 0.0418. The monoisotopic (exact) mass is 273 g/mol. The summed E-state index contributed by atoms with van der Waals surface area (Å²) in [6.07, 6.45) is 4.31. The first-order valence-corrected chi connectivity index (χ1v) is 7.70. The Morgan fingerprint density at radius 3 is 2.70 bits per heavy atom. The summed E-state index contributed by atoms with van der Waals surface area (Å²) in [4.78, 5) is 14.1. The van der Waals surface area contributed by atoms with E-state index in [9.17, 15) is 4.79 Å². The van der Waals surface area contributed by atoms with Crippen LogP contribution in [0, 0.1) is 0 Å². The van der Waals surface area contributed by atoms with Gasteiger partial charge in [0.2, 0.25) is 0 Å². The number of fused-ring (bicyclic) bond motifs is 2. The molecule has 4 nitrogen and oxygen atoms in total. The van der Waals surface area contributed by atoms with Crippen LogP contribution in [0.25, 0.3) is 0 Å². The number of nitrogens with one attached hydrogen (secondary N) is 2. The lowest BCUT2D eigenvalue weighted by atomic mass is 9.93. The van der Waals surface area contributed by atoms with Gasteiger partial charge in [0.15, 0.2) is 0 Å². The van der Waals surface area contributed by atoms with E-state index < -0.39 is 0 Å². The molecule has 1 aromatic carbocycles. The molecule has 0 fully saturated rings. The Kier molecular flexibility index (Phi) is 3.92. The number of carbonyl (C=O) groups is 1. The number of rotatable bonds is 1. The van der Waals surface area contributed by atoms with Gasteiger partial charge in [0, 0.05) is 18.8 Å². The molecule has 2 heterocycles. The zero-order valence-corrected chi connectivity index (χ0v) is 12.2. The molecular formula is C16H23N3O. The molecule has 1 aromatic rings. The maximum absolute atomic E-state index is 12.2. The molecule has 20 heavy (non-hydrogen) atoms. The van der Waals surface area contributed by atoms with Crippen molar-refractivity contribution in [2.75, 3.05) is 31.1 Å². The number of urea groups is 1.